The van der Waals surface area contributed by atoms with Gasteiger partial charge in [-0.2, -0.15) is 0 Å². The molecular formula is C26H42O4Si. The average molecular weight is 447 g/mol. The molecule has 0 spiro atoms. The van der Waals surface area contributed by atoms with Crippen molar-refractivity contribution in [2.24, 2.45) is 11.8 Å². The molecule has 0 saturated heterocycles. The number of carbonyl (C=O) groups is 1. The Hall–Kier alpha value is -1.69. The first-order valence-corrected chi connectivity index (χ1v) is 14.0. The van der Waals surface area contributed by atoms with E-state index in [-0.39, 0.29) is 29.1 Å². The van der Waals surface area contributed by atoms with Crippen LogP contribution in [0.1, 0.15) is 47.1 Å². The van der Waals surface area contributed by atoms with Gasteiger partial charge in [0.25, 0.3) is 0 Å². The molecule has 1 aromatic rings. The van der Waals surface area contributed by atoms with Gasteiger partial charge in [-0.3, -0.25) is 0 Å². The second kappa shape index (κ2) is 11.8. The number of methoxy groups -OCH3 is 1. The molecule has 5 heteroatoms. The van der Waals surface area contributed by atoms with Crippen LogP contribution in [-0.4, -0.2) is 33.9 Å². The monoisotopic (exact) mass is 446 g/mol. The van der Waals surface area contributed by atoms with Crippen molar-refractivity contribution in [3.8, 4) is 5.75 Å². The number of benzene rings is 1. The van der Waals surface area contributed by atoms with Crippen molar-refractivity contribution in [1.29, 1.82) is 0 Å². The Balaban J connectivity index is 2.94. The van der Waals surface area contributed by atoms with Crippen molar-refractivity contribution in [3.63, 3.8) is 0 Å². The van der Waals surface area contributed by atoms with E-state index in [4.69, 9.17) is 13.9 Å². The van der Waals surface area contributed by atoms with Crippen LogP contribution in [0.15, 0.2) is 48.6 Å². The lowest BCUT2D eigenvalue weighted by Gasteiger charge is -2.40. The molecule has 0 bridgehead atoms. The number of aldehydes is 1. The highest BCUT2D eigenvalue weighted by atomic mass is 28.4. The van der Waals surface area contributed by atoms with Crippen molar-refractivity contribution in [3.05, 3.63) is 54.1 Å². The van der Waals surface area contributed by atoms with E-state index in [1.54, 1.807) is 7.11 Å². The zero-order valence-corrected chi connectivity index (χ0v) is 21.9. The molecule has 0 aliphatic heterocycles. The minimum absolute atomic E-state index is 0.0743. The summed E-state index contributed by atoms with van der Waals surface area (Å²) in [5.74, 6) is 0.716. The van der Waals surface area contributed by atoms with Crippen LogP contribution < -0.4 is 4.74 Å². The summed E-state index contributed by atoms with van der Waals surface area (Å²) < 4.78 is 18.0. The molecule has 1 rings (SSSR count). The van der Waals surface area contributed by atoms with Crippen LogP contribution in [-0.2, 0) is 20.6 Å². The Kier molecular flexibility index (Phi) is 10.4. The summed E-state index contributed by atoms with van der Waals surface area (Å²) in [4.78, 5) is 11.6. The van der Waals surface area contributed by atoms with E-state index in [0.29, 0.717) is 6.61 Å². The van der Waals surface area contributed by atoms with Gasteiger partial charge < -0.3 is 18.7 Å². The number of ether oxygens (including phenoxy) is 2. The predicted molar refractivity (Wildman–Crippen MR) is 132 cm³/mol. The first-order chi connectivity index (χ1) is 14.4. The molecule has 0 saturated carbocycles. The molecule has 0 aliphatic carbocycles. The van der Waals surface area contributed by atoms with Crippen LogP contribution in [0, 0.1) is 11.8 Å². The van der Waals surface area contributed by atoms with Gasteiger partial charge in [0, 0.05) is 11.8 Å². The largest absolute Gasteiger partial charge is 0.497 e. The maximum absolute atomic E-state index is 11.6. The van der Waals surface area contributed by atoms with Crippen molar-refractivity contribution in [2.75, 3.05) is 7.11 Å². The first-order valence-electron chi connectivity index (χ1n) is 11.0. The standard InChI is InChI=1S/C26H42O4Si/c1-11-24(29-18-22-12-14-23(28-8)15-13-22)19(2)16-20(3)25(21(4)17-27)30-31(9,10)26(5,6)7/h11-17,19,21,24-25H,1,18H2,2-10H3/b20-16+/t19-,21-,24-,25-/m0/s1. The van der Waals surface area contributed by atoms with Gasteiger partial charge in [0.15, 0.2) is 8.32 Å². The maximum Gasteiger partial charge on any atom is 0.192 e. The van der Waals surface area contributed by atoms with E-state index in [1.165, 1.54) is 0 Å². The highest BCUT2D eigenvalue weighted by Gasteiger charge is 2.40. The number of hydrogen-bond donors (Lipinski definition) is 0. The third kappa shape index (κ3) is 8.06. The van der Waals surface area contributed by atoms with Gasteiger partial charge in [0.1, 0.15) is 12.0 Å². The highest BCUT2D eigenvalue weighted by molar-refractivity contribution is 6.74. The zero-order valence-electron chi connectivity index (χ0n) is 20.9. The van der Waals surface area contributed by atoms with Crippen molar-refractivity contribution in [2.45, 2.75) is 78.5 Å². The first kappa shape index (κ1) is 27.3. The molecule has 0 N–H and O–H groups in total. The molecule has 0 radical (unpaired) electrons. The molecule has 0 heterocycles. The molecule has 0 aromatic heterocycles. The summed E-state index contributed by atoms with van der Waals surface area (Å²) in [6.45, 7) is 21.6. The van der Waals surface area contributed by atoms with Crippen LogP contribution in [0.3, 0.4) is 0 Å². The van der Waals surface area contributed by atoms with Crippen LogP contribution in [0.4, 0.5) is 0 Å². The fourth-order valence-electron chi connectivity index (χ4n) is 3.13. The molecular weight excluding hydrogens is 404 g/mol. The zero-order chi connectivity index (χ0) is 23.8. The Morgan fingerprint density at radius 1 is 1.13 bits per heavy atom. The summed E-state index contributed by atoms with van der Waals surface area (Å²) in [5, 5.41) is 0.0743. The van der Waals surface area contributed by atoms with E-state index in [2.05, 4.69) is 60.4 Å². The molecule has 0 fully saturated rings. The average Bonchev–Trinajstić information content (AvgIpc) is 2.71. The SMILES string of the molecule is C=C[C@H](OCc1ccc(OC)cc1)[C@@H](C)/C=C(\C)[C@H](O[Si](C)(C)C(C)(C)C)[C@@H](C)C=O. The van der Waals surface area contributed by atoms with Gasteiger partial charge in [-0.25, -0.2) is 0 Å². The molecule has 0 aliphatic rings. The quantitative estimate of drug-likeness (QED) is 0.207. The Bertz CT molecular complexity index is 731. The van der Waals surface area contributed by atoms with E-state index in [0.717, 1.165) is 23.2 Å². The third-order valence-corrected chi connectivity index (χ3v) is 10.7. The van der Waals surface area contributed by atoms with Gasteiger partial charge in [-0.05, 0) is 48.3 Å². The van der Waals surface area contributed by atoms with Gasteiger partial charge in [-0.15, -0.1) is 6.58 Å². The van der Waals surface area contributed by atoms with E-state index in [1.807, 2.05) is 37.3 Å². The lowest BCUT2D eigenvalue weighted by atomic mass is 9.94. The molecule has 1 aromatic carbocycles. The number of rotatable bonds is 12. The minimum atomic E-state index is -2.02. The smallest absolute Gasteiger partial charge is 0.192 e. The van der Waals surface area contributed by atoms with E-state index < -0.39 is 8.32 Å². The van der Waals surface area contributed by atoms with Gasteiger partial charge in [0.05, 0.1) is 25.9 Å². The van der Waals surface area contributed by atoms with Crippen molar-refractivity contribution < 1.29 is 18.7 Å². The Morgan fingerprint density at radius 2 is 1.71 bits per heavy atom. The van der Waals surface area contributed by atoms with Gasteiger partial charge in [-0.1, -0.05) is 58.9 Å². The van der Waals surface area contributed by atoms with Crippen LogP contribution in [0.25, 0.3) is 0 Å². The lowest BCUT2D eigenvalue weighted by molar-refractivity contribution is -0.112. The molecule has 0 unspecified atom stereocenters. The summed E-state index contributed by atoms with van der Waals surface area (Å²) in [5.41, 5.74) is 2.14. The lowest BCUT2D eigenvalue weighted by Crippen LogP contribution is -2.46. The Morgan fingerprint density at radius 3 is 2.16 bits per heavy atom. The second-order valence-corrected chi connectivity index (χ2v) is 14.7. The fraction of sp³-hybridized carbons (Fsp3) is 0.577. The predicted octanol–water partition coefficient (Wildman–Crippen LogP) is 6.57. The van der Waals surface area contributed by atoms with E-state index in [9.17, 15) is 4.79 Å². The fourth-order valence-corrected chi connectivity index (χ4v) is 4.52. The van der Waals surface area contributed by atoms with E-state index >= 15 is 0 Å². The number of hydrogen-bond acceptors (Lipinski definition) is 4. The number of carbonyl (C=O) groups excluding carboxylic acids is 1. The molecule has 4 nitrogen and oxygen atoms in total. The minimum Gasteiger partial charge on any atom is -0.497 e. The summed E-state index contributed by atoms with van der Waals surface area (Å²) in [6.07, 6.45) is 4.62. The van der Waals surface area contributed by atoms with Crippen molar-refractivity contribution >= 4 is 14.6 Å². The molecule has 4 atom stereocenters. The summed E-state index contributed by atoms with van der Waals surface area (Å²) >= 11 is 0. The molecule has 0 amide bonds. The normalized spacial score (nSPS) is 16.9. The van der Waals surface area contributed by atoms with Crippen LogP contribution in [0.2, 0.25) is 18.1 Å². The van der Waals surface area contributed by atoms with Gasteiger partial charge >= 0.3 is 0 Å². The Labute approximate surface area is 190 Å². The maximum atomic E-state index is 11.6. The van der Waals surface area contributed by atoms with Gasteiger partial charge in [0.2, 0.25) is 0 Å². The molecule has 31 heavy (non-hydrogen) atoms. The van der Waals surface area contributed by atoms with Crippen molar-refractivity contribution in [1.82, 2.24) is 0 Å². The summed E-state index contributed by atoms with van der Waals surface area (Å²) in [7, 11) is -0.369. The van der Waals surface area contributed by atoms with Crippen LogP contribution in [0.5, 0.6) is 5.75 Å². The third-order valence-electron chi connectivity index (χ3n) is 6.25. The van der Waals surface area contributed by atoms with Crippen LogP contribution >= 0.6 is 0 Å². The summed E-state index contributed by atoms with van der Waals surface area (Å²) in [6, 6.07) is 7.86. The molecule has 174 valence electrons. The topological polar surface area (TPSA) is 44.8 Å². The second-order valence-electron chi connectivity index (χ2n) is 9.92. The highest BCUT2D eigenvalue weighted by Crippen LogP contribution is 2.39.